The first-order chi connectivity index (χ1) is 10.7. The number of carbonyl (C=O) groups is 1. The first-order valence-corrected chi connectivity index (χ1v) is 7.25. The van der Waals surface area contributed by atoms with Crippen LogP contribution in [0.15, 0.2) is 54.6 Å². The normalized spacial score (nSPS) is 9.86. The standard InChI is InChI=1S/C17H16O4S/c1-2-16(18)19-12-20-17(22)13-8-10-15(11-9-13)21-14-6-4-3-5-7-14/h3-11H,2,12H2,1H3. The van der Waals surface area contributed by atoms with Crippen LogP contribution in [-0.2, 0) is 14.3 Å². The van der Waals surface area contributed by atoms with Crippen LogP contribution < -0.4 is 4.74 Å². The Kier molecular flexibility index (Phi) is 5.91. The largest absolute Gasteiger partial charge is 0.457 e. The number of benzene rings is 2. The third-order valence-corrected chi connectivity index (χ3v) is 3.12. The van der Waals surface area contributed by atoms with Gasteiger partial charge in [-0.2, -0.15) is 0 Å². The Labute approximate surface area is 134 Å². The second-order valence-electron chi connectivity index (χ2n) is 4.36. The number of esters is 1. The van der Waals surface area contributed by atoms with Crippen molar-refractivity contribution in [2.45, 2.75) is 13.3 Å². The SMILES string of the molecule is CCC(=O)OCOC(=S)c1ccc(Oc2ccccc2)cc1. The van der Waals surface area contributed by atoms with E-state index in [1.807, 2.05) is 30.3 Å². The topological polar surface area (TPSA) is 44.8 Å². The van der Waals surface area contributed by atoms with E-state index >= 15 is 0 Å². The molecule has 2 aromatic rings. The van der Waals surface area contributed by atoms with Crippen LogP contribution in [0.4, 0.5) is 0 Å². The Bertz CT molecular complexity index is 623. The summed E-state index contributed by atoms with van der Waals surface area (Å²) in [5.74, 6) is 1.14. The zero-order chi connectivity index (χ0) is 15.8. The lowest BCUT2D eigenvalue weighted by molar-refractivity contribution is -0.150. The van der Waals surface area contributed by atoms with E-state index in [0.29, 0.717) is 12.2 Å². The average Bonchev–Trinajstić information content (AvgIpc) is 2.56. The van der Waals surface area contributed by atoms with E-state index in [2.05, 4.69) is 0 Å². The molecular weight excluding hydrogens is 300 g/mol. The molecule has 2 rings (SSSR count). The number of hydrogen-bond donors (Lipinski definition) is 0. The van der Waals surface area contributed by atoms with Gasteiger partial charge in [0, 0.05) is 12.0 Å². The predicted molar refractivity (Wildman–Crippen MR) is 87.0 cm³/mol. The van der Waals surface area contributed by atoms with Crippen molar-refractivity contribution in [2.75, 3.05) is 6.79 Å². The summed E-state index contributed by atoms with van der Waals surface area (Å²) in [6.07, 6.45) is 0.307. The van der Waals surface area contributed by atoms with Crippen molar-refractivity contribution >= 4 is 23.2 Å². The van der Waals surface area contributed by atoms with Crippen molar-refractivity contribution < 1.29 is 19.0 Å². The number of thiocarbonyl (C=S) groups is 1. The lowest BCUT2D eigenvalue weighted by Gasteiger charge is -2.09. The van der Waals surface area contributed by atoms with Gasteiger partial charge in [-0.3, -0.25) is 4.79 Å². The molecule has 5 heteroatoms. The Balaban J connectivity index is 1.88. The van der Waals surface area contributed by atoms with Gasteiger partial charge in [-0.15, -0.1) is 0 Å². The van der Waals surface area contributed by atoms with Crippen LogP contribution in [0.1, 0.15) is 18.9 Å². The van der Waals surface area contributed by atoms with Crippen molar-refractivity contribution in [3.63, 3.8) is 0 Å². The number of ether oxygens (including phenoxy) is 3. The van der Waals surface area contributed by atoms with Crippen molar-refractivity contribution in [3.8, 4) is 11.5 Å². The highest BCUT2D eigenvalue weighted by atomic mass is 32.1. The molecule has 0 aliphatic heterocycles. The maximum Gasteiger partial charge on any atom is 0.308 e. The second kappa shape index (κ2) is 8.14. The summed E-state index contributed by atoms with van der Waals surface area (Å²) in [4.78, 5) is 11.0. The van der Waals surface area contributed by atoms with E-state index in [-0.39, 0.29) is 17.8 Å². The number of para-hydroxylation sites is 1. The molecule has 0 aliphatic carbocycles. The number of rotatable bonds is 6. The molecule has 0 spiro atoms. The molecule has 0 unspecified atom stereocenters. The summed E-state index contributed by atoms with van der Waals surface area (Å²) < 4.78 is 15.7. The van der Waals surface area contributed by atoms with Crippen LogP contribution in [0.3, 0.4) is 0 Å². The Morgan fingerprint density at radius 2 is 1.59 bits per heavy atom. The summed E-state index contributed by atoms with van der Waals surface area (Å²) in [6.45, 7) is 1.54. The molecule has 0 N–H and O–H groups in total. The van der Waals surface area contributed by atoms with E-state index in [4.69, 9.17) is 26.4 Å². The molecule has 0 saturated carbocycles. The monoisotopic (exact) mass is 316 g/mol. The van der Waals surface area contributed by atoms with Crippen molar-refractivity contribution in [3.05, 3.63) is 60.2 Å². The fraction of sp³-hybridized carbons (Fsp3) is 0.176. The maximum absolute atomic E-state index is 11.0. The van der Waals surface area contributed by atoms with Crippen LogP contribution in [0.2, 0.25) is 0 Å². The van der Waals surface area contributed by atoms with Crippen molar-refractivity contribution in [1.29, 1.82) is 0 Å². The first-order valence-electron chi connectivity index (χ1n) is 6.84. The van der Waals surface area contributed by atoms with Gasteiger partial charge in [0.2, 0.25) is 6.79 Å². The van der Waals surface area contributed by atoms with E-state index in [1.54, 1.807) is 31.2 Å². The Morgan fingerprint density at radius 1 is 0.955 bits per heavy atom. The molecule has 114 valence electrons. The molecule has 0 saturated heterocycles. The molecular formula is C17H16O4S. The highest BCUT2D eigenvalue weighted by Gasteiger charge is 2.05. The minimum Gasteiger partial charge on any atom is -0.457 e. The smallest absolute Gasteiger partial charge is 0.308 e. The summed E-state index contributed by atoms with van der Waals surface area (Å²) >= 11 is 5.13. The number of carbonyl (C=O) groups excluding carboxylic acids is 1. The summed E-state index contributed by atoms with van der Waals surface area (Å²) in [6, 6.07) is 16.7. The van der Waals surface area contributed by atoms with Crippen molar-refractivity contribution in [1.82, 2.24) is 0 Å². The second-order valence-corrected chi connectivity index (χ2v) is 4.73. The van der Waals surface area contributed by atoms with Gasteiger partial charge >= 0.3 is 5.97 Å². The van der Waals surface area contributed by atoms with Gasteiger partial charge in [-0.25, -0.2) is 0 Å². The van der Waals surface area contributed by atoms with Crippen LogP contribution in [0.5, 0.6) is 11.5 Å². The van der Waals surface area contributed by atoms with E-state index in [9.17, 15) is 4.79 Å². The van der Waals surface area contributed by atoms with E-state index < -0.39 is 0 Å². The number of hydrogen-bond acceptors (Lipinski definition) is 5. The van der Waals surface area contributed by atoms with E-state index in [1.165, 1.54) is 0 Å². The van der Waals surface area contributed by atoms with Gasteiger partial charge in [0.05, 0.1) is 0 Å². The van der Waals surface area contributed by atoms with Gasteiger partial charge in [-0.1, -0.05) is 25.1 Å². The lowest BCUT2D eigenvalue weighted by Crippen LogP contribution is -2.11. The van der Waals surface area contributed by atoms with Gasteiger partial charge in [-0.05, 0) is 48.6 Å². The summed E-state index contributed by atoms with van der Waals surface area (Å²) in [5, 5.41) is 0.273. The van der Waals surface area contributed by atoms with Crippen LogP contribution in [-0.4, -0.2) is 17.8 Å². The Hall–Kier alpha value is -2.40. The Morgan fingerprint density at radius 3 is 2.23 bits per heavy atom. The fourth-order valence-electron chi connectivity index (χ4n) is 1.62. The summed E-state index contributed by atoms with van der Waals surface area (Å²) in [7, 11) is 0. The van der Waals surface area contributed by atoms with E-state index in [0.717, 1.165) is 11.3 Å². The highest BCUT2D eigenvalue weighted by Crippen LogP contribution is 2.21. The molecule has 0 atom stereocenters. The van der Waals surface area contributed by atoms with Gasteiger partial charge < -0.3 is 14.2 Å². The zero-order valence-electron chi connectivity index (χ0n) is 12.2. The molecule has 4 nitrogen and oxygen atoms in total. The molecule has 0 bridgehead atoms. The average molecular weight is 316 g/mol. The third-order valence-electron chi connectivity index (χ3n) is 2.77. The van der Waals surface area contributed by atoms with Crippen molar-refractivity contribution in [2.24, 2.45) is 0 Å². The maximum atomic E-state index is 11.0. The molecule has 0 aromatic heterocycles. The minimum absolute atomic E-state index is 0.173. The van der Waals surface area contributed by atoms with Crippen LogP contribution in [0.25, 0.3) is 0 Å². The quantitative estimate of drug-likeness (QED) is 0.456. The molecule has 2 aromatic carbocycles. The van der Waals surface area contributed by atoms with Gasteiger partial charge in [0.15, 0.2) is 5.05 Å². The van der Waals surface area contributed by atoms with Gasteiger partial charge in [0.25, 0.3) is 0 Å². The fourth-order valence-corrected chi connectivity index (χ4v) is 1.80. The molecule has 22 heavy (non-hydrogen) atoms. The predicted octanol–water partition coefficient (Wildman–Crippen LogP) is 4.08. The zero-order valence-corrected chi connectivity index (χ0v) is 13.0. The minimum atomic E-state index is -0.325. The highest BCUT2D eigenvalue weighted by molar-refractivity contribution is 7.80. The summed E-state index contributed by atoms with van der Waals surface area (Å²) in [5.41, 5.74) is 0.725. The molecule has 0 radical (unpaired) electrons. The lowest BCUT2D eigenvalue weighted by atomic mass is 10.2. The molecule has 0 heterocycles. The van der Waals surface area contributed by atoms with Crippen LogP contribution in [0, 0.1) is 0 Å². The first kappa shape index (κ1) is 16.0. The van der Waals surface area contributed by atoms with Crippen LogP contribution >= 0.6 is 12.2 Å². The molecule has 0 amide bonds. The third kappa shape index (κ3) is 4.86. The van der Waals surface area contributed by atoms with Gasteiger partial charge in [0.1, 0.15) is 11.5 Å². The molecule has 0 fully saturated rings. The molecule has 0 aliphatic rings.